The SMILES string of the molecule is CCc1[nH]nc2c1C(c1cc3ccccc3n(C)c1=O)CC(=O)N2. The Bertz CT molecular complexity index is 1020. The predicted molar refractivity (Wildman–Crippen MR) is 92.2 cm³/mol. The van der Waals surface area contributed by atoms with Gasteiger partial charge in [0.15, 0.2) is 5.82 Å². The molecular weight excluding hydrogens is 304 g/mol. The molecule has 1 atom stereocenters. The molecule has 1 unspecified atom stereocenters. The van der Waals surface area contributed by atoms with Crippen molar-refractivity contribution >= 4 is 22.6 Å². The summed E-state index contributed by atoms with van der Waals surface area (Å²) in [6, 6.07) is 9.69. The Balaban J connectivity index is 1.99. The van der Waals surface area contributed by atoms with Gasteiger partial charge in [-0.25, -0.2) is 0 Å². The molecule has 1 aliphatic rings. The van der Waals surface area contributed by atoms with Crippen LogP contribution < -0.4 is 10.9 Å². The number of rotatable bonds is 2. The van der Waals surface area contributed by atoms with Crippen molar-refractivity contribution in [3.63, 3.8) is 0 Å². The van der Waals surface area contributed by atoms with Gasteiger partial charge in [0.05, 0.1) is 5.52 Å². The topological polar surface area (TPSA) is 79.8 Å². The third kappa shape index (κ3) is 2.06. The monoisotopic (exact) mass is 322 g/mol. The third-order valence-electron chi connectivity index (χ3n) is 4.77. The minimum atomic E-state index is -0.272. The van der Waals surface area contributed by atoms with Crippen LogP contribution in [0, 0.1) is 0 Å². The predicted octanol–water partition coefficient (Wildman–Crippen LogP) is 2.30. The van der Waals surface area contributed by atoms with E-state index in [4.69, 9.17) is 0 Å². The molecule has 6 heteroatoms. The number of amides is 1. The number of aromatic nitrogens is 3. The average molecular weight is 322 g/mol. The number of nitrogens with zero attached hydrogens (tertiary/aromatic N) is 2. The number of carbonyl (C=O) groups is 1. The van der Waals surface area contributed by atoms with Crippen molar-refractivity contribution in [2.24, 2.45) is 7.05 Å². The molecule has 0 saturated heterocycles. The number of pyridine rings is 1. The summed E-state index contributed by atoms with van der Waals surface area (Å²) in [5.74, 6) is 0.158. The molecular formula is C18H18N4O2. The molecule has 0 fully saturated rings. The molecule has 3 heterocycles. The fourth-order valence-corrected chi connectivity index (χ4v) is 3.56. The molecule has 3 aromatic rings. The molecule has 0 radical (unpaired) electrons. The highest BCUT2D eigenvalue weighted by atomic mass is 16.2. The van der Waals surface area contributed by atoms with Gasteiger partial charge in [0.2, 0.25) is 5.91 Å². The van der Waals surface area contributed by atoms with Crippen LogP contribution in [0.15, 0.2) is 35.1 Å². The van der Waals surface area contributed by atoms with E-state index in [1.165, 1.54) is 0 Å². The number of aromatic amines is 1. The maximum atomic E-state index is 12.9. The molecule has 2 aromatic heterocycles. The molecule has 2 N–H and O–H groups in total. The van der Waals surface area contributed by atoms with Crippen LogP contribution in [-0.2, 0) is 18.3 Å². The smallest absolute Gasteiger partial charge is 0.254 e. The number of fused-ring (bicyclic) bond motifs is 2. The Kier molecular flexibility index (Phi) is 3.26. The second-order valence-electron chi connectivity index (χ2n) is 6.15. The van der Waals surface area contributed by atoms with Crippen molar-refractivity contribution in [2.45, 2.75) is 25.7 Å². The highest BCUT2D eigenvalue weighted by Crippen LogP contribution is 2.37. The maximum absolute atomic E-state index is 12.9. The summed E-state index contributed by atoms with van der Waals surface area (Å²) in [5.41, 5.74) is 3.36. The quantitative estimate of drug-likeness (QED) is 0.760. The molecule has 122 valence electrons. The highest BCUT2D eigenvalue weighted by Gasteiger charge is 2.33. The van der Waals surface area contributed by atoms with Crippen LogP contribution in [0.2, 0.25) is 0 Å². The van der Waals surface area contributed by atoms with Crippen molar-refractivity contribution in [3.05, 3.63) is 57.5 Å². The number of H-pyrrole nitrogens is 1. The van der Waals surface area contributed by atoms with E-state index in [1.54, 1.807) is 11.6 Å². The van der Waals surface area contributed by atoms with Crippen LogP contribution in [0.25, 0.3) is 10.9 Å². The van der Waals surface area contributed by atoms with E-state index in [9.17, 15) is 9.59 Å². The zero-order valence-electron chi connectivity index (χ0n) is 13.6. The number of anilines is 1. The lowest BCUT2D eigenvalue weighted by Crippen LogP contribution is -2.30. The Morgan fingerprint density at radius 2 is 2.08 bits per heavy atom. The molecule has 0 saturated carbocycles. The average Bonchev–Trinajstić information content (AvgIpc) is 3.00. The Morgan fingerprint density at radius 1 is 1.29 bits per heavy atom. The van der Waals surface area contributed by atoms with Crippen molar-refractivity contribution in [2.75, 3.05) is 5.32 Å². The molecule has 24 heavy (non-hydrogen) atoms. The van der Waals surface area contributed by atoms with E-state index in [-0.39, 0.29) is 23.8 Å². The number of nitrogens with one attached hydrogen (secondary N) is 2. The fourth-order valence-electron chi connectivity index (χ4n) is 3.56. The first kappa shape index (κ1) is 14.7. The zero-order valence-corrected chi connectivity index (χ0v) is 13.6. The second kappa shape index (κ2) is 5.33. The first-order valence-electron chi connectivity index (χ1n) is 8.05. The lowest BCUT2D eigenvalue weighted by molar-refractivity contribution is -0.116. The van der Waals surface area contributed by atoms with Gasteiger partial charge in [-0.3, -0.25) is 14.7 Å². The summed E-state index contributed by atoms with van der Waals surface area (Å²) >= 11 is 0. The summed E-state index contributed by atoms with van der Waals surface area (Å²) in [6.45, 7) is 2.03. The first-order valence-corrected chi connectivity index (χ1v) is 8.05. The lowest BCUT2D eigenvalue weighted by Gasteiger charge is -2.23. The van der Waals surface area contributed by atoms with Crippen LogP contribution >= 0.6 is 0 Å². The van der Waals surface area contributed by atoms with Gasteiger partial charge < -0.3 is 9.88 Å². The summed E-state index contributed by atoms with van der Waals surface area (Å²) in [7, 11) is 1.77. The van der Waals surface area contributed by atoms with E-state index in [2.05, 4.69) is 15.5 Å². The molecule has 4 rings (SSSR count). The van der Waals surface area contributed by atoms with Crippen LogP contribution in [0.3, 0.4) is 0 Å². The van der Waals surface area contributed by atoms with Crippen LogP contribution in [0.5, 0.6) is 0 Å². The number of para-hydroxylation sites is 1. The van der Waals surface area contributed by atoms with Crippen molar-refractivity contribution in [1.29, 1.82) is 0 Å². The standard InChI is InChI=1S/C18H18N4O2/c1-3-13-16-11(9-15(23)19-17(16)21-20-13)12-8-10-6-4-5-7-14(10)22(2)18(12)24/h4-8,11H,3,9H2,1-2H3,(H2,19,20,21,23). The van der Waals surface area contributed by atoms with Gasteiger partial charge in [-0.1, -0.05) is 25.1 Å². The van der Waals surface area contributed by atoms with E-state index in [0.717, 1.165) is 28.6 Å². The molecule has 6 nitrogen and oxygen atoms in total. The summed E-state index contributed by atoms with van der Waals surface area (Å²) in [6.07, 6.45) is 1.02. The van der Waals surface area contributed by atoms with Crippen LogP contribution in [0.1, 0.15) is 36.1 Å². The third-order valence-corrected chi connectivity index (χ3v) is 4.77. The number of hydrogen-bond acceptors (Lipinski definition) is 3. The van der Waals surface area contributed by atoms with Crippen molar-refractivity contribution in [3.8, 4) is 0 Å². The van der Waals surface area contributed by atoms with E-state index >= 15 is 0 Å². The molecule has 1 amide bonds. The van der Waals surface area contributed by atoms with Crippen molar-refractivity contribution in [1.82, 2.24) is 14.8 Å². The van der Waals surface area contributed by atoms with Crippen LogP contribution in [-0.4, -0.2) is 20.7 Å². The number of hydrogen-bond donors (Lipinski definition) is 2. The maximum Gasteiger partial charge on any atom is 0.254 e. The van der Waals surface area contributed by atoms with E-state index < -0.39 is 0 Å². The van der Waals surface area contributed by atoms with E-state index in [0.29, 0.717) is 11.4 Å². The molecule has 0 aliphatic carbocycles. The van der Waals surface area contributed by atoms with Gasteiger partial charge in [0.25, 0.3) is 5.56 Å². The first-order chi connectivity index (χ1) is 11.6. The van der Waals surface area contributed by atoms with Gasteiger partial charge in [-0.2, -0.15) is 5.10 Å². The Morgan fingerprint density at radius 3 is 2.88 bits per heavy atom. The zero-order chi connectivity index (χ0) is 16.8. The summed E-state index contributed by atoms with van der Waals surface area (Å²) in [4.78, 5) is 25.0. The largest absolute Gasteiger partial charge is 0.311 e. The van der Waals surface area contributed by atoms with Gasteiger partial charge in [-0.15, -0.1) is 0 Å². The normalized spacial score (nSPS) is 16.9. The lowest BCUT2D eigenvalue weighted by atomic mass is 9.85. The molecule has 0 bridgehead atoms. The number of benzene rings is 1. The van der Waals surface area contributed by atoms with E-state index in [1.807, 2.05) is 37.3 Å². The minimum Gasteiger partial charge on any atom is -0.311 e. The summed E-state index contributed by atoms with van der Waals surface area (Å²) in [5, 5.41) is 11.0. The minimum absolute atomic E-state index is 0.0670. The Hall–Kier alpha value is -2.89. The van der Waals surface area contributed by atoms with Crippen molar-refractivity contribution < 1.29 is 4.79 Å². The van der Waals surface area contributed by atoms with Gasteiger partial charge in [0, 0.05) is 36.2 Å². The number of carbonyl (C=O) groups excluding carboxylic acids is 1. The number of aryl methyl sites for hydroxylation is 2. The van der Waals surface area contributed by atoms with Crippen LogP contribution in [0.4, 0.5) is 5.82 Å². The molecule has 1 aromatic carbocycles. The summed E-state index contributed by atoms with van der Waals surface area (Å²) < 4.78 is 1.66. The Labute approximate surface area is 138 Å². The second-order valence-corrected chi connectivity index (χ2v) is 6.15. The molecule has 0 spiro atoms. The van der Waals surface area contributed by atoms with Gasteiger partial charge in [-0.05, 0) is 23.9 Å². The van der Waals surface area contributed by atoms with Gasteiger partial charge >= 0.3 is 0 Å². The fraction of sp³-hybridized carbons (Fsp3) is 0.278. The highest BCUT2D eigenvalue weighted by molar-refractivity contribution is 5.94. The molecule has 1 aliphatic heterocycles. The van der Waals surface area contributed by atoms with Gasteiger partial charge in [0.1, 0.15) is 0 Å².